The lowest BCUT2D eigenvalue weighted by molar-refractivity contribution is 0.199. The number of nitrogens with two attached hydrogens (primary N) is 1. The number of hydrogen-bond acceptors (Lipinski definition) is 5. The number of nitrogens with zero attached hydrogens (tertiary/aromatic N) is 3. The Labute approximate surface area is 138 Å². The van der Waals surface area contributed by atoms with Crippen LogP contribution < -0.4 is 10.5 Å². The van der Waals surface area contributed by atoms with Crippen molar-refractivity contribution in [2.45, 2.75) is 46.6 Å². The zero-order chi connectivity index (χ0) is 17.0. The fraction of sp³-hybridized carbons (Fsp3) is 0.500. The molecule has 0 aliphatic carbocycles. The van der Waals surface area contributed by atoms with E-state index in [2.05, 4.69) is 28.8 Å². The first-order chi connectivity index (χ1) is 10.8. The molecule has 0 bridgehead atoms. The topological polar surface area (TPSA) is 73.9 Å². The van der Waals surface area contributed by atoms with Crippen molar-refractivity contribution in [1.82, 2.24) is 15.0 Å². The van der Waals surface area contributed by atoms with Gasteiger partial charge in [0.15, 0.2) is 0 Å². The monoisotopic (exact) mass is 314 g/mol. The Balaban J connectivity index is 2.11. The molecule has 23 heavy (non-hydrogen) atoms. The second-order valence-corrected chi connectivity index (χ2v) is 6.88. The van der Waals surface area contributed by atoms with Crippen LogP contribution in [-0.2, 0) is 0 Å². The van der Waals surface area contributed by atoms with E-state index in [-0.39, 0.29) is 5.54 Å². The van der Waals surface area contributed by atoms with E-state index in [0.717, 1.165) is 29.1 Å². The molecule has 0 fully saturated rings. The highest BCUT2D eigenvalue weighted by Crippen LogP contribution is 2.23. The molecule has 0 saturated heterocycles. The molecule has 0 unspecified atom stereocenters. The van der Waals surface area contributed by atoms with Crippen LogP contribution in [0.5, 0.6) is 5.88 Å². The van der Waals surface area contributed by atoms with Gasteiger partial charge in [-0.05, 0) is 45.2 Å². The van der Waals surface area contributed by atoms with E-state index in [1.807, 2.05) is 32.9 Å². The van der Waals surface area contributed by atoms with Gasteiger partial charge in [0.25, 0.3) is 0 Å². The molecular weight excluding hydrogens is 288 g/mol. The van der Waals surface area contributed by atoms with Crippen LogP contribution in [0.1, 0.15) is 38.6 Å². The van der Waals surface area contributed by atoms with Gasteiger partial charge in [-0.25, -0.2) is 15.0 Å². The third kappa shape index (κ3) is 4.99. The van der Waals surface area contributed by atoms with Gasteiger partial charge in [0.2, 0.25) is 5.88 Å². The Bertz CT molecular complexity index is 668. The van der Waals surface area contributed by atoms with Crippen LogP contribution in [0.25, 0.3) is 11.3 Å². The van der Waals surface area contributed by atoms with E-state index in [4.69, 9.17) is 10.5 Å². The highest BCUT2D eigenvalue weighted by molar-refractivity contribution is 5.59. The molecule has 2 N–H and O–H groups in total. The minimum absolute atomic E-state index is 0.356. The van der Waals surface area contributed by atoms with Gasteiger partial charge in [-0.15, -0.1) is 0 Å². The Hall–Kier alpha value is -2.01. The lowest BCUT2D eigenvalue weighted by atomic mass is 9.93. The lowest BCUT2D eigenvalue weighted by Crippen LogP contribution is -2.43. The molecule has 2 rings (SSSR count). The molecule has 2 aromatic rings. The summed E-state index contributed by atoms with van der Waals surface area (Å²) in [4.78, 5) is 13.0. The van der Waals surface area contributed by atoms with Crippen molar-refractivity contribution in [1.29, 1.82) is 0 Å². The first-order valence-electron chi connectivity index (χ1n) is 7.95. The van der Waals surface area contributed by atoms with E-state index < -0.39 is 0 Å². The largest absolute Gasteiger partial charge is 0.476 e. The van der Waals surface area contributed by atoms with E-state index in [0.29, 0.717) is 18.4 Å². The standard InChI is InChI=1S/C18H26N4O/c1-12(2)9-18(5,19)11-23-17-13(3)8-15(10-21-17)16-6-7-20-14(4)22-16/h6-8,10,12H,9,11,19H2,1-5H3/t18-/m1/s1. The van der Waals surface area contributed by atoms with Crippen molar-refractivity contribution >= 4 is 0 Å². The van der Waals surface area contributed by atoms with Gasteiger partial charge in [-0.3, -0.25) is 0 Å². The SMILES string of the molecule is Cc1nccc(-c2cnc(OC[C@](C)(N)CC(C)C)c(C)c2)n1. The fourth-order valence-electron chi connectivity index (χ4n) is 2.70. The highest BCUT2D eigenvalue weighted by Gasteiger charge is 2.21. The van der Waals surface area contributed by atoms with Crippen molar-refractivity contribution in [2.75, 3.05) is 6.61 Å². The molecule has 0 amide bonds. The molecule has 0 radical (unpaired) electrons. The minimum atomic E-state index is -0.356. The molecule has 0 aliphatic heterocycles. The fourth-order valence-corrected chi connectivity index (χ4v) is 2.70. The van der Waals surface area contributed by atoms with Crippen LogP contribution >= 0.6 is 0 Å². The van der Waals surface area contributed by atoms with Crippen LogP contribution in [0, 0.1) is 19.8 Å². The summed E-state index contributed by atoms with van der Waals surface area (Å²) in [7, 11) is 0. The maximum atomic E-state index is 6.28. The molecule has 0 saturated carbocycles. The summed E-state index contributed by atoms with van der Waals surface area (Å²) >= 11 is 0. The summed E-state index contributed by atoms with van der Waals surface area (Å²) in [6.45, 7) is 10.6. The Morgan fingerprint density at radius 2 is 2.00 bits per heavy atom. The van der Waals surface area contributed by atoms with Crippen molar-refractivity contribution in [3.05, 3.63) is 35.9 Å². The van der Waals surface area contributed by atoms with Gasteiger partial charge in [-0.2, -0.15) is 0 Å². The maximum Gasteiger partial charge on any atom is 0.216 e. The first-order valence-corrected chi connectivity index (χ1v) is 7.95. The predicted octanol–water partition coefficient (Wildman–Crippen LogP) is 3.30. The number of aromatic nitrogens is 3. The minimum Gasteiger partial charge on any atom is -0.476 e. The molecule has 0 spiro atoms. The molecule has 5 heteroatoms. The van der Waals surface area contributed by atoms with Crippen molar-refractivity contribution in [2.24, 2.45) is 11.7 Å². The number of rotatable bonds is 6. The number of pyridine rings is 1. The van der Waals surface area contributed by atoms with Crippen molar-refractivity contribution in [3.8, 4) is 17.1 Å². The van der Waals surface area contributed by atoms with Gasteiger partial charge < -0.3 is 10.5 Å². The summed E-state index contributed by atoms with van der Waals surface area (Å²) in [6, 6.07) is 3.91. The van der Waals surface area contributed by atoms with Crippen LogP contribution in [-0.4, -0.2) is 27.1 Å². The first kappa shape index (κ1) is 17.3. The van der Waals surface area contributed by atoms with Crippen molar-refractivity contribution < 1.29 is 4.74 Å². The van der Waals surface area contributed by atoms with Crippen molar-refractivity contribution in [3.63, 3.8) is 0 Å². The lowest BCUT2D eigenvalue weighted by Gasteiger charge is -2.26. The van der Waals surface area contributed by atoms with Crippen LogP contribution in [0.15, 0.2) is 24.5 Å². The summed E-state index contributed by atoms with van der Waals surface area (Å²) in [6.07, 6.45) is 4.44. The van der Waals surface area contributed by atoms with Gasteiger partial charge in [-0.1, -0.05) is 13.8 Å². The summed E-state index contributed by atoms with van der Waals surface area (Å²) in [5.74, 6) is 1.90. The summed E-state index contributed by atoms with van der Waals surface area (Å²) in [5.41, 5.74) is 8.72. The summed E-state index contributed by atoms with van der Waals surface area (Å²) < 4.78 is 5.85. The van der Waals surface area contributed by atoms with E-state index in [1.54, 1.807) is 12.4 Å². The average molecular weight is 314 g/mol. The normalized spacial score (nSPS) is 13.9. The molecule has 2 heterocycles. The second-order valence-electron chi connectivity index (χ2n) is 6.88. The number of aryl methyl sites for hydroxylation is 2. The zero-order valence-corrected chi connectivity index (χ0v) is 14.6. The average Bonchev–Trinajstić information content (AvgIpc) is 2.44. The Morgan fingerprint density at radius 1 is 1.26 bits per heavy atom. The molecule has 2 aromatic heterocycles. The molecule has 5 nitrogen and oxygen atoms in total. The van der Waals surface area contributed by atoms with Gasteiger partial charge >= 0.3 is 0 Å². The molecular formula is C18H26N4O. The summed E-state index contributed by atoms with van der Waals surface area (Å²) in [5, 5.41) is 0. The van der Waals surface area contributed by atoms with Gasteiger partial charge in [0.1, 0.15) is 12.4 Å². The van der Waals surface area contributed by atoms with Crippen LogP contribution in [0.4, 0.5) is 0 Å². The molecule has 1 atom stereocenters. The second kappa shape index (κ2) is 7.04. The Kier molecular flexibility index (Phi) is 5.31. The zero-order valence-electron chi connectivity index (χ0n) is 14.6. The quantitative estimate of drug-likeness (QED) is 0.885. The van der Waals surface area contributed by atoms with Gasteiger partial charge in [0.05, 0.1) is 5.69 Å². The third-order valence-corrected chi connectivity index (χ3v) is 3.52. The van der Waals surface area contributed by atoms with E-state index >= 15 is 0 Å². The van der Waals surface area contributed by atoms with E-state index in [1.165, 1.54) is 0 Å². The molecule has 124 valence electrons. The molecule has 0 aromatic carbocycles. The van der Waals surface area contributed by atoms with Gasteiger partial charge in [0, 0.05) is 29.1 Å². The Morgan fingerprint density at radius 3 is 2.61 bits per heavy atom. The van der Waals surface area contributed by atoms with E-state index in [9.17, 15) is 0 Å². The predicted molar refractivity (Wildman–Crippen MR) is 92.3 cm³/mol. The number of hydrogen-bond donors (Lipinski definition) is 1. The smallest absolute Gasteiger partial charge is 0.216 e. The highest BCUT2D eigenvalue weighted by atomic mass is 16.5. The third-order valence-electron chi connectivity index (χ3n) is 3.52. The maximum absolute atomic E-state index is 6.28. The van der Waals surface area contributed by atoms with Crippen LogP contribution in [0.2, 0.25) is 0 Å². The van der Waals surface area contributed by atoms with Crippen LogP contribution in [0.3, 0.4) is 0 Å². The molecule has 0 aliphatic rings. The number of ether oxygens (including phenoxy) is 1.